The van der Waals surface area contributed by atoms with E-state index in [-0.39, 0.29) is 6.61 Å². The molecule has 0 aliphatic carbocycles. The highest BCUT2D eigenvalue weighted by Gasteiger charge is 1.87. The first-order chi connectivity index (χ1) is 4.43. The third-order valence-electron chi connectivity index (χ3n) is 1.14. The van der Waals surface area contributed by atoms with Gasteiger partial charge in [-0.15, -0.1) is 0 Å². The quantitative estimate of drug-likeness (QED) is 0.563. The molecular weight excluding hydrogens is 112 g/mol. The third kappa shape index (κ3) is 1.86. The number of hydrogen-bond acceptors (Lipinski definition) is 0. The van der Waals surface area contributed by atoms with E-state index in [0.29, 0.717) is 6.42 Å². The Labute approximate surface area is 55.0 Å². The maximum Gasteiger partial charge on any atom is 0.0862 e. The molecule has 0 aromatic heterocycles. The van der Waals surface area contributed by atoms with Gasteiger partial charge in [0.25, 0.3) is 0 Å². The molecule has 0 heterocycles. The zero-order chi connectivity index (χ0) is 6.53. The molecule has 0 atom stereocenters. The highest BCUT2D eigenvalue weighted by atomic mass is 16.2. The average molecular weight is 120 g/mol. The van der Waals surface area contributed by atoms with E-state index in [1.807, 2.05) is 24.3 Å². The van der Waals surface area contributed by atoms with Crippen molar-refractivity contribution in [3.63, 3.8) is 0 Å². The van der Waals surface area contributed by atoms with Crippen LogP contribution in [-0.4, -0.2) is 6.61 Å². The minimum Gasteiger partial charge on any atom is -0.236 e. The SMILES string of the molecule is [O]CCc1[c]cccc1. The van der Waals surface area contributed by atoms with E-state index in [1.54, 1.807) is 0 Å². The van der Waals surface area contributed by atoms with Crippen molar-refractivity contribution < 1.29 is 5.11 Å². The minimum absolute atomic E-state index is 0.0412. The lowest BCUT2D eigenvalue weighted by Crippen LogP contribution is -1.87. The first-order valence-electron chi connectivity index (χ1n) is 2.97. The van der Waals surface area contributed by atoms with Crippen LogP contribution in [0, 0.1) is 6.07 Å². The van der Waals surface area contributed by atoms with Gasteiger partial charge in [0, 0.05) is 0 Å². The molecule has 1 rings (SSSR count). The maximum atomic E-state index is 10.1. The van der Waals surface area contributed by atoms with Crippen LogP contribution in [0.5, 0.6) is 0 Å². The van der Waals surface area contributed by atoms with Gasteiger partial charge in [-0.05, 0) is 18.1 Å². The van der Waals surface area contributed by atoms with Gasteiger partial charge in [0.2, 0.25) is 0 Å². The van der Waals surface area contributed by atoms with E-state index < -0.39 is 0 Å². The van der Waals surface area contributed by atoms with Crippen molar-refractivity contribution in [3.8, 4) is 0 Å². The summed E-state index contributed by atoms with van der Waals surface area (Å²) in [6.45, 7) is -0.0412. The molecule has 1 heteroatoms. The zero-order valence-electron chi connectivity index (χ0n) is 5.13. The molecule has 0 amide bonds. The Morgan fingerprint density at radius 2 is 2.33 bits per heavy atom. The predicted molar refractivity (Wildman–Crippen MR) is 34.5 cm³/mol. The van der Waals surface area contributed by atoms with Crippen LogP contribution in [0.15, 0.2) is 24.3 Å². The maximum absolute atomic E-state index is 10.1. The second-order valence-electron chi connectivity index (χ2n) is 1.84. The Balaban J connectivity index is 2.61. The molecule has 1 aromatic rings. The van der Waals surface area contributed by atoms with E-state index in [4.69, 9.17) is 0 Å². The molecule has 1 nitrogen and oxygen atoms in total. The summed E-state index contributed by atoms with van der Waals surface area (Å²) < 4.78 is 0. The molecule has 0 bridgehead atoms. The molecule has 0 saturated heterocycles. The van der Waals surface area contributed by atoms with E-state index in [2.05, 4.69) is 6.07 Å². The van der Waals surface area contributed by atoms with Crippen molar-refractivity contribution in [1.82, 2.24) is 0 Å². The Morgan fingerprint density at radius 1 is 1.44 bits per heavy atom. The number of benzene rings is 1. The summed E-state index contributed by atoms with van der Waals surface area (Å²) in [7, 11) is 0. The first-order valence-corrected chi connectivity index (χ1v) is 2.97. The van der Waals surface area contributed by atoms with E-state index in [9.17, 15) is 5.11 Å². The second-order valence-corrected chi connectivity index (χ2v) is 1.84. The summed E-state index contributed by atoms with van der Waals surface area (Å²) in [4.78, 5) is 0. The van der Waals surface area contributed by atoms with Gasteiger partial charge in [-0.1, -0.05) is 24.3 Å². The third-order valence-corrected chi connectivity index (χ3v) is 1.14. The fourth-order valence-electron chi connectivity index (χ4n) is 0.696. The van der Waals surface area contributed by atoms with Crippen LogP contribution in [-0.2, 0) is 11.5 Å². The standard InChI is InChI=1S/C8H8O/c9-7-6-8-4-2-1-3-5-8/h1-4H,6-7H2. The lowest BCUT2D eigenvalue weighted by atomic mass is 10.2. The summed E-state index contributed by atoms with van der Waals surface area (Å²) in [5.41, 5.74) is 1.01. The smallest absolute Gasteiger partial charge is 0.0862 e. The topological polar surface area (TPSA) is 19.9 Å². The molecule has 0 fully saturated rings. The van der Waals surface area contributed by atoms with Gasteiger partial charge in [0.1, 0.15) is 0 Å². The van der Waals surface area contributed by atoms with Gasteiger partial charge in [0.05, 0.1) is 6.61 Å². The van der Waals surface area contributed by atoms with Crippen LogP contribution < -0.4 is 0 Å². The molecule has 0 saturated carbocycles. The minimum atomic E-state index is -0.0412. The lowest BCUT2D eigenvalue weighted by molar-refractivity contribution is 0.197. The normalized spacial score (nSPS) is 9.44. The fourth-order valence-corrected chi connectivity index (χ4v) is 0.696. The van der Waals surface area contributed by atoms with Gasteiger partial charge >= 0.3 is 0 Å². The van der Waals surface area contributed by atoms with E-state index in [0.717, 1.165) is 5.56 Å². The molecule has 0 aliphatic heterocycles. The Hall–Kier alpha value is -0.820. The Morgan fingerprint density at radius 3 is 2.89 bits per heavy atom. The highest BCUT2D eigenvalue weighted by molar-refractivity contribution is 5.12. The fraction of sp³-hybridized carbons (Fsp3) is 0.250. The zero-order valence-corrected chi connectivity index (χ0v) is 5.13. The summed E-state index contributed by atoms with van der Waals surface area (Å²) in [5.74, 6) is 0. The summed E-state index contributed by atoms with van der Waals surface area (Å²) in [6.07, 6.45) is 0.598. The molecule has 1 aromatic carbocycles. The van der Waals surface area contributed by atoms with E-state index in [1.165, 1.54) is 0 Å². The van der Waals surface area contributed by atoms with Gasteiger partial charge in [0.15, 0.2) is 0 Å². The second kappa shape index (κ2) is 3.25. The van der Waals surface area contributed by atoms with E-state index >= 15 is 0 Å². The van der Waals surface area contributed by atoms with Crippen molar-refractivity contribution in [2.24, 2.45) is 0 Å². The van der Waals surface area contributed by atoms with Crippen LogP contribution in [0.2, 0.25) is 0 Å². The summed E-state index contributed by atoms with van der Waals surface area (Å²) >= 11 is 0. The summed E-state index contributed by atoms with van der Waals surface area (Å²) in [6, 6.07) is 10.5. The van der Waals surface area contributed by atoms with Gasteiger partial charge < -0.3 is 0 Å². The average Bonchev–Trinajstić information content (AvgIpc) is 1.91. The molecule has 0 aliphatic rings. The van der Waals surface area contributed by atoms with Crippen LogP contribution in [0.1, 0.15) is 5.56 Å². The largest absolute Gasteiger partial charge is 0.236 e. The lowest BCUT2D eigenvalue weighted by Gasteiger charge is -1.91. The van der Waals surface area contributed by atoms with Crippen LogP contribution in [0.3, 0.4) is 0 Å². The molecule has 9 heavy (non-hydrogen) atoms. The van der Waals surface area contributed by atoms with Crippen molar-refractivity contribution in [2.45, 2.75) is 6.42 Å². The molecule has 0 N–H and O–H groups in total. The molecule has 2 radical (unpaired) electrons. The highest BCUT2D eigenvalue weighted by Crippen LogP contribution is 1.96. The van der Waals surface area contributed by atoms with Gasteiger partial charge in [-0.2, -0.15) is 0 Å². The summed E-state index contributed by atoms with van der Waals surface area (Å²) in [5, 5.41) is 10.1. The van der Waals surface area contributed by atoms with Crippen molar-refractivity contribution in [2.75, 3.05) is 6.61 Å². The van der Waals surface area contributed by atoms with Crippen LogP contribution in [0.4, 0.5) is 0 Å². The van der Waals surface area contributed by atoms with Gasteiger partial charge in [-0.3, -0.25) is 0 Å². The first kappa shape index (κ1) is 6.30. The molecule has 46 valence electrons. The monoisotopic (exact) mass is 120 g/mol. The molecule has 0 unspecified atom stereocenters. The van der Waals surface area contributed by atoms with Crippen molar-refractivity contribution >= 4 is 0 Å². The Kier molecular flexibility index (Phi) is 2.28. The molecular formula is C8H8O. The van der Waals surface area contributed by atoms with Gasteiger partial charge in [-0.25, -0.2) is 5.11 Å². The number of rotatable bonds is 2. The number of hydrogen-bond donors (Lipinski definition) is 0. The predicted octanol–water partition coefficient (Wildman–Crippen LogP) is 1.46. The van der Waals surface area contributed by atoms with Crippen LogP contribution >= 0.6 is 0 Å². The Bertz CT molecular complexity index is 157. The van der Waals surface area contributed by atoms with Crippen molar-refractivity contribution in [1.29, 1.82) is 0 Å². The van der Waals surface area contributed by atoms with Crippen molar-refractivity contribution in [3.05, 3.63) is 35.9 Å². The molecule has 0 spiro atoms. The van der Waals surface area contributed by atoms with Crippen LogP contribution in [0.25, 0.3) is 0 Å².